The van der Waals surface area contributed by atoms with Crippen LogP contribution >= 0.6 is 0 Å². The topological polar surface area (TPSA) is 55.8 Å². The van der Waals surface area contributed by atoms with Gasteiger partial charge in [-0.15, -0.1) is 0 Å². The Morgan fingerprint density at radius 1 is 1.25 bits per heavy atom. The molecule has 1 aliphatic heterocycles. The maximum Gasteiger partial charge on any atom is 0.332 e. The molecule has 1 atom stereocenters. The number of methoxy groups -OCH3 is 1. The van der Waals surface area contributed by atoms with Gasteiger partial charge in [0.25, 0.3) is 0 Å². The van der Waals surface area contributed by atoms with E-state index in [1.807, 2.05) is 56.0 Å². The molecule has 1 aromatic carbocycles. The van der Waals surface area contributed by atoms with Gasteiger partial charge in [0, 0.05) is 18.3 Å². The number of rotatable bonds is 4. The van der Waals surface area contributed by atoms with E-state index in [0.717, 1.165) is 11.3 Å². The molecule has 130 valence electrons. The quantitative estimate of drug-likeness (QED) is 0.627. The van der Waals surface area contributed by atoms with E-state index in [0.29, 0.717) is 19.4 Å². The maximum atomic E-state index is 12.6. The molecule has 1 aliphatic rings. The lowest BCUT2D eigenvalue weighted by Crippen LogP contribution is -2.39. The van der Waals surface area contributed by atoms with Crippen molar-refractivity contribution in [3.05, 3.63) is 47.7 Å². The average Bonchev–Trinajstić information content (AvgIpc) is 2.89. The predicted octanol–water partition coefficient (Wildman–Crippen LogP) is 3.05. The molecule has 5 nitrogen and oxygen atoms in total. The standard InChI is InChI=1S/C19H25NO4/c1-19(2,3)24-18(22)16-11-10-15(12-17(21)23-4)20(16)13-14-8-6-5-7-9-14/h5-9,12,16H,10-11,13H2,1-4H3/b15-12+. The molecule has 0 spiro atoms. The monoisotopic (exact) mass is 331 g/mol. The highest BCUT2D eigenvalue weighted by molar-refractivity contribution is 5.83. The molecule has 0 N–H and O–H groups in total. The molecule has 0 bridgehead atoms. The Labute approximate surface area is 143 Å². The van der Waals surface area contributed by atoms with Crippen LogP contribution in [0.3, 0.4) is 0 Å². The largest absolute Gasteiger partial charge is 0.466 e. The molecule has 0 saturated carbocycles. The molecule has 24 heavy (non-hydrogen) atoms. The predicted molar refractivity (Wildman–Crippen MR) is 91.0 cm³/mol. The summed E-state index contributed by atoms with van der Waals surface area (Å²) < 4.78 is 10.3. The van der Waals surface area contributed by atoms with Gasteiger partial charge in [0.2, 0.25) is 0 Å². The van der Waals surface area contributed by atoms with Gasteiger partial charge in [0.05, 0.1) is 7.11 Å². The fourth-order valence-electron chi connectivity index (χ4n) is 2.74. The molecular weight excluding hydrogens is 306 g/mol. The van der Waals surface area contributed by atoms with Crippen LogP contribution in [0.5, 0.6) is 0 Å². The van der Waals surface area contributed by atoms with Crippen molar-refractivity contribution < 1.29 is 19.1 Å². The molecule has 0 aromatic heterocycles. The third kappa shape index (κ3) is 4.85. The van der Waals surface area contributed by atoms with E-state index in [9.17, 15) is 9.59 Å². The van der Waals surface area contributed by atoms with E-state index in [1.54, 1.807) is 0 Å². The van der Waals surface area contributed by atoms with Crippen molar-refractivity contribution in [3.63, 3.8) is 0 Å². The Morgan fingerprint density at radius 2 is 1.92 bits per heavy atom. The van der Waals surface area contributed by atoms with Gasteiger partial charge in [0.1, 0.15) is 11.6 Å². The Kier molecular flexibility index (Phi) is 5.65. The highest BCUT2D eigenvalue weighted by Gasteiger charge is 2.36. The number of ether oxygens (including phenoxy) is 2. The van der Waals surface area contributed by atoms with Crippen LogP contribution < -0.4 is 0 Å². The van der Waals surface area contributed by atoms with Crippen LogP contribution in [0.25, 0.3) is 0 Å². The van der Waals surface area contributed by atoms with Crippen molar-refractivity contribution in [2.75, 3.05) is 7.11 Å². The van der Waals surface area contributed by atoms with Crippen molar-refractivity contribution in [1.82, 2.24) is 4.90 Å². The number of nitrogens with zero attached hydrogens (tertiary/aromatic N) is 1. The highest BCUT2D eigenvalue weighted by atomic mass is 16.6. The first-order valence-electron chi connectivity index (χ1n) is 8.12. The summed E-state index contributed by atoms with van der Waals surface area (Å²) in [5, 5.41) is 0. The minimum Gasteiger partial charge on any atom is -0.466 e. The summed E-state index contributed by atoms with van der Waals surface area (Å²) in [5.74, 6) is -0.667. The minimum atomic E-state index is -0.537. The molecule has 2 rings (SSSR count). The van der Waals surface area contributed by atoms with Crippen molar-refractivity contribution in [1.29, 1.82) is 0 Å². The summed E-state index contributed by atoms with van der Waals surface area (Å²) >= 11 is 0. The number of esters is 2. The molecule has 1 fully saturated rings. The van der Waals surface area contributed by atoms with Crippen LogP contribution in [0.4, 0.5) is 0 Å². The first kappa shape index (κ1) is 18.0. The normalized spacial score (nSPS) is 19.4. The van der Waals surface area contributed by atoms with Crippen LogP contribution in [0.1, 0.15) is 39.2 Å². The summed E-state index contributed by atoms with van der Waals surface area (Å²) in [7, 11) is 1.35. The number of benzene rings is 1. The number of carbonyl (C=O) groups excluding carboxylic acids is 2. The fraction of sp³-hybridized carbons (Fsp3) is 0.474. The van der Waals surface area contributed by atoms with Crippen LogP contribution in [0.2, 0.25) is 0 Å². The zero-order chi connectivity index (χ0) is 17.7. The van der Waals surface area contributed by atoms with Gasteiger partial charge in [-0.1, -0.05) is 30.3 Å². The summed E-state index contributed by atoms with van der Waals surface area (Å²) in [6.45, 7) is 6.11. The number of likely N-dealkylation sites (tertiary alicyclic amines) is 1. The smallest absolute Gasteiger partial charge is 0.332 e. The van der Waals surface area contributed by atoms with Crippen molar-refractivity contribution >= 4 is 11.9 Å². The van der Waals surface area contributed by atoms with E-state index >= 15 is 0 Å². The van der Waals surface area contributed by atoms with Gasteiger partial charge in [-0.2, -0.15) is 0 Å². The third-order valence-corrected chi connectivity index (χ3v) is 3.78. The van der Waals surface area contributed by atoms with Gasteiger partial charge in [-0.3, -0.25) is 0 Å². The Balaban J connectivity index is 2.24. The first-order valence-corrected chi connectivity index (χ1v) is 8.12. The van der Waals surface area contributed by atoms with Crippen molar-refractivity contribution in [2.24, 2.45) is 0 Å². The van der Waals surface area contributed by atoms with Crippen LogP contribution in [-0.2, 0) is 25.6 Å². The van der Waals surface area contributed by atoms with Gasteiger partial charge in [0.15, 0.2) is 0 Å². The van der Waals surface area contributed by atoms with Gasteiger partial charge in [-0.25, -0.2) is 9.59 Å². The second kappa shape index (κ2) is 7.51. The Hall–Kier alpha value is -2.30. The summed E-state index contributed by atoms with van der Waals surface area (Å²) in [5.41, 5.74) is 1.34. The first-order chi connectivity index (χ1) is 11.3. The fourth-order valence-corrected chi connectivity index (χ4v) is 2.74. The van der Waals surface area contributed by atoms with Crippen LogP contribution in [-0.4, -0.2) is 35.6 Å². The van der Waals surface area contributed by atoms with Gasteiger partial charge in [-0.05, 0) is 39.2 Å². The highest BCUT2D eigenvalue weighted by Crippen LogP contribution is 2.31. The second-order valence-electron chi connectivity index (χ2n) is 6.86. The SMILES string of the molecule is COC(=O)/C=C1\CCC(C(=O)OC(C)(C)C)N1Cc1ccccc1. The number of hydrogen-bond donors (Lipinski definition) is 0. The Bertz CT molecular complexity index is 616. The summed E-state index contributed by atoms with van der Waals surface area (Å²) in [4.78, 5) is 26.1. The van der Waals surface area contributed by atoms with Crippen LogP contribution in [0.15, 0.2) is 42.1 Å². The number of carbonyl (C=O) groups is 2. The van der Waals surface area contributed by atoms with Gasteiger partial charge < -0.3 is 14.4 Å². The molecule has 0 aliphatic carbocycles. The maximum absolute atomic E-state index is 12.6. The second-order valence-corrected chi connectivity index (χ2v) is 6.86. The lowest BCUT2D eigenvalue weighted by atomic mass is 10.1. The number of hydrogen-bond acceptors (Lipinski definition) is 5. The molecule has 1 aromatic rings. The van der Waals surface area contributed by atoms with E-state index in [2.05, 4.69) is 0 Å². The third-order valence-electron chi connectivity index (χ3n) is 3.78. The molecule has 1 unspecified atom stereocenters. The van der Waals surface area contributed by atoms with Crippen LogP contribution in [0, 0.1) is 0 Å². The van der Waals surface area contributed by atoms with E-state index in [4.69, 9.17) is 9.47 Å². The summed E-state index contributed by atoms with van der Waals surface area (Å²) in [6, 6.07) is 9.47. The lowest BCUT2D eigenvalue weighted by Gasteiger charge is -2.29. The van der Waals surface area contributed by atoms with E-state index in [1.165, 1.54) is 13.2 Å². The van der Waals surface area contributed by atoms with Crippen molar-refractivity contribution in [3.8, 4) is 0 Å². The Morgan fingerprint density at radius 3 is 2.50 bits per heavy atom. The molecule has 1 heterocycles. The zero-order valence-corrected chi connectivity index (χ0v) is 14.7. The molecular formula is C19H25NO4. The average molecular weight is 331 g/mol. The summed E-state index contributed by atoms with van der Waals surface area (Å²) in [6.07, 6.45) is 2.74. The van der Waals surface area contributed by atoms with E-state index in [-0.39, 0.29) is 12.0 Å². The molecule has 0 amide bonds. The van der Waals surface area contributed by atoms with Gasteiger partial charge >= 0.3 is 11.9 Å². The minimum absolute atomic E-state index is 0.258. The number of allylic oxidation sites excluding steroid dienone is 1. The molecule has 1 saturated heterocycles. The lowest BCUT2D eigenvalue weighted by molar-refractivity contribution is -0.160. The van der Waals surface area contributed by atoms with E-state index < -0.39 is 11.6 Å². The molecule has 0 radical (unpaired) electrons. The zero-order valence-electron chi connectivity index (χ0n) is 14.7. The van der Waals surface area contributed by atoms with Crippen molar-refractivity contribution in [2.45, 2.75) is 51.8 Å². The molecule has 5 heteroatoms.